The molecule has 0 amide bonds. The molecule has 2 heterocycles. The molecule has 0 saturated heterocycles. The minimum absolute atomic E-state index is 0.0141. The van der Waals surface area contributed by atoms with Crippen LogP contribution in [0.1, 0.15) is 11.1 Å². The summed E-state index contributed by atoms with van der Waals surface area (Å²) < 4.78 is 0. The maximum Gasteiger partial charge on any atom is 0.225 e. The summed E-state index contributed by atoms with van der Waals surface area (Å²) in [6.07, 6.45) is 3.49. The molecule has 0 aliphatic heterocycles. The van der Waals surface area contributed by atoms with Gasteiger partial charge in [-0.15, -0.1) is 0 Å². The third-order valence-electron chi connectivity index (χ3n) is 3.95. The zero-order chi connectivity index (χ0) is 17.6. The smallest absolute Gasteiger partial charge is 0.225 e. The van der Waals surface area contributed by atoms with Gasteiger partial charge in [-0.3, -0.25) is 4.98 Å². The second kappa shape index (κ2) is 7.72. The molecule has 0 spiro atoms. The van der Waals surface area contributed by atoms with Gasteiger partial charge >= 0.3 is 0 Å². The van der Waals surface area contributed by atoms with E-state index in [-0.39, 0.29) is 6.61 Å². The summed E-state index contributed by atoms with van der Waals surface area (Å²) in [7, 11) is 0. The lowest BCUT2D eigenvalue weighted by Gasteiger charge is -2.13. The van der Waals surface area contributed by atoms with Gasteiger partial charge in [0.25, 0.3) is 0 Å². The fourth-order valence-corrected chi connectivity index (χ4v) is 2.44. The van der Waals surface area contributed by atoms with Gasteiger partial charge in [0.05, 0.1) is 12.3 Å². The Morgan fingerprint density at radius 3 is 2.72 bits per heavy atom. The first-order valence-electron chi connectivity index (χ1n) is 8.15. The molecule has 0 fully saturated rings. The number of aryl methyl sites for hydroxylation is 1. The van der Waals surface area contributed by atoms with E-state index in [1.165, 1.54) is 11.1 Å². The highest BCUT2D eigenvalue weighted by atomic mass is 16.3. The molecule has 3 aromatic rings. The van der Waals surface area contributed by atoms with E-state index < -0.39 is 0 Å². The Morgan fingerprint density at radius 2 is 1.96 bits per heavy atom. The predicted molar refractivity (Wildman–Crippen MR) is 100 cm³/mol. The molecular formula is C19H21N5O. The largest absolute Gasteiger partial charge is 0.395 e. The summed E-state index contributed by atoms with van der Waals surface area (Å²) in [6.45, 7) is 4.56. The van der Waals surface area contributed by atoms with Crippen molar-refractivity contribution in [2.45, 2.75) is 13.8 Å². The summed E-state index contributed by atoms with van der Waals surface area (Å²) in [5.41, 5.74) is 5.06. The topological polar surface area (TPSA) is 83.0 Å². The first kappa shape index (κ1) is 16.9. The van der Waals surface area contributed by atoms with Crippen LogP contribution >= 0.6 is 0 Å². The normalized spacial score (nSPS) is 10.5. The van der Waals surface area contributed by atoms with Crippen molar-refractivity contribution in [3.05, 3.63) is 59.9 Å². The lowest BCUT2D eigenvalue weighted by atomic mass is 10.1. The predicted octanol–water partition coefficient (Wildman–Crippen LogP) is 3.30. The summed E-state index contributed by atoms with van der Waals surface area (Å²) in [5.74, 6) is 1.14. The number of anilines is 3. The van der Waals surface area contributed by atoms with Crippen LogP contribution in [0.5, 0.6) is 0 Å². The minimum atomic E-state index is 0.0141. The van der Waals surface area contributed by atoms with Gasteiger partial charge in [-0.1, -0.05) is 12.1 Å². The molecule has 0 atom stereocenters. The van der Waals surface area contributed by atoms with Crippen molar-refractivity contribution in [2.24, 2.45) is 0 Å². The van der Waals surface area contributed by atoms with Crippen LogP contribution in [0.3, 0.4) is 0 Å². The van der Waals surface area contributed by atoms with Crippen LogP contribution in [-0.2, 0) is 0 Å². The number of benzene rings is 1. The molecule has 0 aliphatic rings. The first-order chi connectivity index (χ1) is 12.2. The lowest BCUT2D eigenvalue weighted by Crippen LogP contribution is -2.10. The highest BCUT2D eigenvalue weighted by Gasteiger charge is 2.09. The molecule has 0 bridgehead atoms. The zero-order valence-electron chi connectivity index (χ0n) is 14.3. The number of aromatic nitrogens is 3. The highest BCUT2D eigenvalue weighted by Crippen LogP contribution is 2.25. The number of nitrogens with one attached hydrogen (secondary N) is 2. The van der Waals surface area contributed by atoms with Crippen molar-refractivity contribution < 1.29 is 5.11 Å². The maximum absolute atomic E-state index is 9.04. The van der Waals surface area contributed by atoms with E-state index in [1.807, 2.05) is 30.3 Å². The zero-order valence-corrected chi connectivity index (χ0v) is 14.3. The summed E-state index contributed by atoms with van der Waals surface area (Å²) in [5, 5.41) is 15.4. The monoisotopic (exact) mass is 335 g/mol. The van der Waals surface area contributed by atoms with E-state index in [0.29, 0.717) is 18.3 Å². The van der Waals surface area contributed by atoms with Crippen molar-refractivity contribution in [3.63, 3.8) is 0 Å². The molecule has 3 N–H and O–H groups in total. The van der Waals surface area contributed by atoms with E-state index in [9.17, 15) is 0 Å². The molecule has 1 aromatic carbocycles. The summed E-state index contributed by atoms with van der Waals surface area (Å²) in [6, 6.07) is 11.8. The van der Waals surface area contributed by atoms with Crippen molar-refractivity contribution in [3.8, 4) is 11.3 Å². The van der Waals surface area contributed by atoms with Crippen molar-refractivity contribution in [2.75, 3.05) is 23.8 Å². The Hall–Kier alpha value is -2.99. The van der Waals surface area contributed by atoms with Gasteiger partial charge in [-0.2, -0.15) is 4.98 Å². The van der Waals surface area contributed by atoms with Gasteiger partial charge in [0.1, 0.15) is 5.82 Å². The van der Waals surface area contributed by atoms with E-state index in [4.69, 9.17) is 5.11 Å². The van der Waals surface area contributed by atoms with E-state index in [0.717, 1.165) is 16.9 Å². The van der Waals surface area contributed by atoms with Crippen LogP contribution in [0, 0.1) is 13.8 Å². The Morgan fingerprint density at radius 1 is 1.08 bits per heavy atom. The number of hydrogen-bond donors (Lipinski definition) is 3. The van der Waals surface area contributed by atoms with Crippen LogP contribution in [0.4, 0.5) is 17.5 Å². The number of hydrogen-bond acceptors (Lipinski definition) is 6. The Bertz CT molecular complexity index is 852. The SMILES string of the molecule is Cc1cccc(Nc2cc(-c3cccnc3)nc(NCCO)n2)c1C. The fourth-order valence-electron chi connectivity index (χ4n) is 2.44. The van der Waals surface area contributed by atoms with Crippen molar-refractivity contribution >= 4 is 17.5 Å². The first-order valence-corrected chi connectivity index (χ1v) is 8.15. The van der Waals surface area contributed by atoms with Gasteiger partial charge in [0.15, 0.2) is 0 Å². The van der Waals surface area contributed by atoms with Crippen LogP contribution in [0.2, 0.25) is 0 Å². The molecule has 0 unspecified atom stereocenters. The Balaban J connectivity index is 1.98. The van der Waals surface area contributed by atoms with E-state index in [1.54, 1.807) is 12.4 Å². The second-order valence-corrected chi connectivity index (χ2v) is 5.73. The molecular weight excluding hydrogens is 314 g/mol. The standard InChI is InChI=1S/C19H21N5O/c1-13-5-3-7-16(14(13)2)22-18-11-17(15-6-4-8-20-12-15)23-19(24-18)21-9-10-25/h3-8,11-12,25H,9-10H2,1-2H3,(H2,21,22,23,24). The van der Waals surface area contributed by atoms with Gasteiger partial charge in [-0.25, -0.2) is 4.98 Å². The number of pyridine rings is 1. The van der Waals surface area contributed by atoms with Crippen LogP contribution < -0.4 is 10.6 Å². The number of rotatable bonds is 6. The minimum Gasteiger partial charge on any atom is -0.395 e. The van der Waals surface area contributed by atoms with Crippen LogP contribution in [0.25, 0.3) is 11.3 Å². The third-order valence-corrected chi connectivity index (χ3v) is 3.95. The average Bonchev–Trinajstić information content (AvgIpc) is 2.64. The molecule has 6 heteroatoms. The second-order valence-electron chi connectivity index (χ2n) is 5.73. The molecule has 0 saturated carbocycles. The van der Waals surface area contributed by atoms with Gasteiger partial charge in [-0.05, 0) is 43.2 Å². The van der Waals surface area contributed by atoms with Gasteiger partial charge < -0.3 is 15.7 Å². The average molecular weight is 335 g/mol. The summed E-state index contributed by atoms with van der Waals surface area (Å²) >= 11 is 0. The van der Waals surface area contributed by atoms with E-state index >= 15 is 0 Å². The highest BCUT2D eigenvalue weighted by molar-refractivity contribution is 5.68. The lowest BCUT2D eigenvalue weighted by molar-refractivity contribution is 0.311. The molecule has 25 heavy (non-hydrogen) atoms. The van der Waals surface area contributed by atoms with Crippen LogP contribution in [-0.4, -0.2) is 33.2 Å². The molecule has 128 valence electrons. The molecule has 0 aliphatic carbocycles. The molecule has 3 rings (SSSR count). The maximum atomic E-state index is 9.04. The van der Waals surface area contributed by atoms with E-state index in [2.05, 4.69) is 45.5 Å². The fraction of sp³-hybridized carbons (Fsp3) is 0.211. The van der Waals surface area contributed by atoms with Gasteiger partial charge in [0.2, 0.25) is 5.95 Å². The number of nitrogens with zero attached hydrogens (tertiary/aromatic N) is 3. The Labute approximate surface area is 147 Å². The van der Waals surface area contributed by atoms with Crippen molar-refractivity contribution in [1.82, 2.24) is 15.0 Å². The number of aliphatic hydroxyl groups excluding tert-OH is 1. The van der Waals surface area contributed by atoms with Crippen molar-refractivity contribution in [1.29, 1.82) is 0 Å². The van der Waals surface area contributed by atoms with Crippen LogP contribution in [0.15, 0.2) is 48.8 Å². The quantitative estimate of drug-likeness (QED) is 0.641. The molecule has 6 nitrogen and oxygen atoms in total. The summed E-state index contributed by atoms with van der Waals surface area (Å²) in [4.78, 5) is 13.2. The molecule has 2 aromatic heterocycles. The molecule has 0 radical (unpaired) electrons. The number of aliphatic hydroxyl groups is 1. The van der Waals surface area contributed by atoms with Gasteiger partial charge in [0, 0.05) is 36.3 Å². The Kier molecular flexibility index (Phi) is 5.20. The third kappa shape index (κ3) is 4.10.